The van der Waals surface area contributed by atoms with Crippen LogP contribution in [0.15, 0.2) is 24.1 Å². The SMILES string of the molecule is C=CCOC(=O)N1CC=C(c2csc(=S)[nH]2)[C@H]1CCl. The van der Waals surface area contributed by atoms with E-state index in [4.69, 9.17) is 28.6 Å². The van der Waals surface area contributed by atoms with E-state index in [2.05, 4.69) is 11.6 Å². The number of aromatic amines is 1. The molecule has 0 bridgehead atoms. The maximum atomic E-state index is 11.9. The highest BCUT2D eigenvalue weighted by Gasteiger charge is 2.32. The molecule has 2 rings (SSSR count). The second-order valence-corrected chi connectivity index (χ2v) is 5.76. The number of nitrogens with one attached hydrogen (secondary N) is 1. The second-order valence-electron chi connectivity index (χ2n) is 3.91. The van der Waals surface area contributed by atoms with E-state index in [0.717, 1.165) is 11.3 Å². The van der Waals surface area contributed by atoms with Crippen molar-refractivity contribution in [3.05, 3.63) is 33.8 Å². The van der Waals surface area contributed by atoms with Crippen LogP contribution in [0.2, 0.25) is 0 Å². The number of thiazole rings is 1. The van der Waals surface area contributed by atoms with Crippen molar-refractivity contribution >= 4 is 46.8 Å². The first kappa shape index (κ1) is 14.3. The molecule has 0 fully saturated rings. The van der Waals surface area contributed by atoms with Crippen LogP contribution >= 0.6 is 35.2 Å². The van der Waals surface area contributed by atoms with Crippen molar-refractivity contribution in [2.24, 2.45) is 0 Å². The highest BCUT2D eigenvalue weighted by atomic mass is 35.5. The Kier molecular flexibility index (Phi) is 4.79. The van der Waals surface area contributed by atoms with Crippen LogP contribution < -0.4 is 0 Å². The number of amides is 1. The smallest absolute Gasteiger partial charge is 0.410 e. The minimum absolute atomic E-state index is 0.195. The monoisotopic (exact) mass is 316 g/mol. The van der Waals surface area contributed by atoms with Gasteiger partial charge in [0.2, 0.25) is 0 Å². The predicted molar refractivity (Wildman–Crippen MR) is 80.2 cm³/mol. The van der Waals surface area contributed by atoms with Crippen molar-refractivity contribution < 1.29 is 9.53 Å². The Morgan fingerprint density at radius 2 is 2.58 bits per heavy atom. The van der Waals surface area contributed by atoms with Gasteiger partial charge in [-0.2, -0.15) is 0 Å². The molecule has 1 N–H and O–H groups in total. The summed E-state index contributed by atoms with van der Waals surface area (Å²) in [5.41, 5.74) is 1.90. The van der Waals surface area contributed by atoms with Gasteiger partial charge in [0, 0.05) is 17.8 Å². The highest BCUT2D eigenvalue weighted by Crippen LogP contribution is 2.29. The summed E-state index contributed by atoms with van der Waals surface area (Å²) >= 11 is 12.5. The van der Waals surface area contributed by atoms with E-state index in [1.165, 1.54) is 17.4 Å². The third kappa shape index (κ3) is 3.08. The van der Waals surface area contributed by atoms with Crippen LogP contribution in [0.4, 0.5) is 4.79 Å². The van der Waals surface area contributed by atoms with Gasteiger partial charge in [-0.25, -0.2) is 4.79 Å². The number of carbonyl (C=O) groups excluding carboxylic acids is 1. The van der Waals surface area contributed by atoms with Gasteiger partial charge in [0.05, 0.1) is 11.7 Å². The molecule has 2 heterocycles. The Morgan fingerprint density at radius 1 is 1.79 bits per heavy atom. The first-order valence-corrected chi connectivity index (χ1v) is 7.48. The van der Waals surface area contributed by atoms with E-state index in [0.29, 0.717) is 16.4 Å². The van der Waals surface area contributed by atoms with Crippen LogP contribution in [0.1, 0.15) is 5.69 Å². The van der Waals surface area contributed by atoms with Crippen molar-refractivity contribution in [2.75, 3.05) is 19.0 Å². The molecular formula is C12H13ClN2O2S2. The fourth-order valence-electron chi connectivity index (χ4n) is 1.92. The topological polar surface area (TPSA) is 45.3 Å². The van der Waals surface area contributed by atoms with E-state index in [1.54, 1.807) is 4.90 Å². The Morgan fingerprint density at radius 3 is 3.16 bits per heavy atom. The number of carbonyl (C=O) groups is 1. The van der Waals surface area contributed by atoms with E-state index >= 15 is 0 Å². The molecule has 0 saturated carbocycles. The lowest BCUT2D eigenvalue weighted by molar-refractivity contribution is 0.114. The maximum absolute atomic E-state index is 11.9. The van der Waals surface area contributed by atoms with Gasteiger partial charge in [0.15, 0.2) is 3.95 Å². The number of rotatable bonds is 4. The fraction of sp³-hybridized carbons (Fsp3) is 0.333. The summed E-state index contributed by atoms with van der Waals surface area (Å²) in [5, 5.41) is 1.94. The van der Waals surface area contributed by atoms with Crippen LogP contribution in [0, 0.1) is 3.95 Å². The van der Waals surface area contributed by atoms with Crippen molar-refractivity contribution in [3.8, 4) is 0 Å². The third-order valence-electron chi connectivity index (χ3n) is 2.78. The molecule has 0 unspecified atom stereocenters. The summed E-state index contributed by atoms with van der Waals surface area (Å²) in [6.07, 6.45) is 3.12. The number of nitrogens with zero attached hydrogens (tertiary/aromatic N) is 1. The highest BCUT2D eigenvalue weighted by molar-refractivity contribution is 7.73. The van der Waals surface area contributed by atoms with Crippen LogP contribution in [0.25, 0.3) is 5.57 Å². The van der Waals surface area contributed by atoms with Crippen LogP contribution in [-0.2, 0) is 4.74 Å². The van der Waals surface area contributed by atoms with Gasteiger partial charge in [-0.15, -0.1) is 22.9 Å². The van der Waals surface area contributed by atoms with E-state index < -0.39 is 0 Å². The average Bonchev–Trinajstić information content (AvgIpc) is 3.01. The van der Waals surface area contributed by atoms with E-state index in [9.17, 15) is 4.79 Å². The molecule has 4 nitrogen and oxygen atoms in total. The molecule has 1 aromatic heterocycles. The molecule has 102 valence electrons. The van der Waals surface area contributed by atoms with E-state index in [1.807, 2.05) is 11.5 Å². The first-order valence-electron chi connectivity index (χ1n) is 5.66. The molecule has 1 atom stereocenters. The van der Waals surface area contributed by atoms with Gasteiger partial charge in [-0.05, 0) is 17.8 Å². The van der Waals surface area contributed by atoms with E-state index in [-0.39, 0.29) is 18.7 Å². The normalized spacial score (nSPS) is 18.3. The molecule has 1 aliphatic rings. The number of hydrogen-bond donors (Lipinski definition) is 1. The lowest BCUT2D eigenvalue weighted by Crippen LogP contribution is -2.38. The number of alkyl halides is 1. The number of aromatic nitrogens is 1. The minimum Gasteiger partial charge on any atom is -0.445 e. The molecule has 0 saturated heterocycles. The van der Waals surface area contributed by atoms with Crippen LogP contribution in [-0.4, -0.2) is 41.1 Å². The molecular weight excluding hydrogens is 304 g/mol. The van der Waals surface area contributed by atoms with Gasteiger partial charge in [0.1, 0.15) is 6.61 Å². The lowest BCUT2D eigenvalue weighted by atomic mass is 10.1. The van der Waals surface area contributed by atoms with Gasteiger partial charge in [-0.3, -0.25) is 4.90 Å². The van der Waals surface area contributed by atoms with Crippen molar-refractivity contribution in [1.82, 2.24) is 9.88 Å². The van der Waals surface area contributed by atoms with Crippen molar-refractivity contribution in [1.29, 1.82) is 0 Å². The van der Waals surface area contributed by atoms with Crippen molar-refractivity contribution in [3.63, 3.8) is 0 Å². The first-order chi connectivity index (χ1) is 9.17. The molecule has 0 spiro atoms. The minimum atomic E-state index is -0.384. The zero-order chi connectivity index (χ0) is 13.8. The molecule has 0 radical (unpaired) electrons. The fourth-order valence-corrected chi connectivity index (χ4v) is 3.10. The zero-order valence-corrected chi connectivity index (χ0v) is 12.5. The molecule has 0 aromatic carbocycles. The second kappa shape index (κ2) is 6.36. The maximum Gasteiger partial charge on any atom is 0.410 e. The molecule has 0 aliphatic carbocycles. The molecule has 1 aliphatic heterocycles. The summed E-state index contributed by atoms with van der Waals surface area (Å²) in [6, 6.07) is -0.195. The molecule has 19 heavy (non-hydrogen) atoms. The summed E-state index contributed by atoms with van der Waals surface area (Å²) < 4.78 is 5.75. The number of H-pyrrole nitrogens is 1. The summed E-state index contributed by atoms with van der Waals surface area (Å²) in [6.45, 7) is 4.19. The van der Waals surface area contributed by atoms with Gasteiger partial charge in [0.25, 0.3) is 0 Å². The lowest BCUT2D eigenvalue weighted by Gasteiger charge is -2.24. The van der Waals surface area contributed by atoms with Crippen LogP contribution in [0.3, 0.4) is 0 Å². The predicted octanol–water partition coefficient (Wildman–Crippen LogP) is 3.43. The standard InChI is InChI=1S/C12H13ClN2O2S2/c1-2-5-17-12(16)15-4-3-8(10(15)6-13)9-7-19-11(18)14-9/h2-3,7,10H,1,4-6H2,(H,14,18)/t10-/m1/s1. The Bertz CT molecular complexity index is 564. The van der Waals surface area contributed by atoms with Gasteiger partial charge >= 0.3 is 6.09 Å². The van der Waals surface area contributed by atoms with Gasteiger partial charge in [-0.1, -0.05) is 18.7 Å². The van der Waals surface area contributed by atoms with Crippen molar-refractivity contribution in [2.45, 2.75) is 6.04 Å². The summed E-state index contributed by atoms with van der Waals surface area (Å²) in [7, 11) is 0. The summed E-state index contributed by atoms with van der Waals surface area (Å²) in [4.78, 5) is 16.6. The molecule has 1 aromatic rings. The number of halogens is 1. The van der Waals surface area contributed by atoms with Crippen LogP contribution in [0.5, 0.6) is 0 Å². The third-order valence-corrected chi connectivity index (χ3v) is 4.13. The molecule has 1 amide bonds. The number of hydrogen-bond acceptors (Lipinski definition) is 4. The Balaban J connectivity index is 2.14. The molecule has 7 heteroatoms. The van der Waals surface area contributed by atoms with Gasteiger partial charge < -0.3 is 9.72 Å². The Labute approximate surface area is 125 Å². The zero-order valence-electron chi connectivity index (χ0n) is 10.1. The quantitative estimate of drug-likeness (QED) is 0.526. The number of ether oxygens (including phenoxy) is 1. The largest absolute Gasteiger partial charge is 0.445 e. The summed E-state index contributed by atoms with van der Waals surface area (Å²) in [5.74, 6) is 0.311. The average molecular weight is 317 g/mol. The Hall–Kier alpha value is -1.11.